The molecule has 0 aromatic rings. The molecule has 1 aliphatic rings. The van der Waals surface area contributed by atoms with Gasteiger partial charge in [0.15, 0.2) is 0 Å². The van der Waals surface area contributed by atoms with Gasteiger partial charge in [0.05, 0.1) is 5.75 Å². The van der Waals surface area contributed by atoms with Crippen LogP contribution in [0.2, 0.25) is 0 Å². The van der Waals surface area contributed by atoms with Crippen LogP contribution in [0.25, 0.3) is 0 Å². The maximum absolute atomic E-state index is 11.8. The van der Waals surface area contributed by atoms with Gasteiger partial charge in [0, 0.05) is 19.1 Å². The second kappa shape index (κ2) is 7.60. The van der Waals surface area contributed by atoms with Crippen molar-refractivity contribution in [3.8, 4) is 0 Å². The molecule has 0 heterocycles. The minimum absolute atomic E-state index is 0.184. The van der Waals surface area contributed by atoms with Gasteiger partial charge < -0.3 is 5.32 Å². The summed E-state index contributed by atoms with van der Waals surface area (Å²) in [7, 11) is -3.14. The molecule has 1 aliphatic carbocycles. The lowest BCUT2D eigenvalue weighted by atomic mass is 10.0. The first-order valence-electron chi connectivity index (χ1n) is 7.49. The van der Waals surface area contributed by atoms with Crippen LogP contribution in [0.5, 0.6) is 0 Å². The zero-order valence-electron chi connectivity index (χ0n) is 12.7. The number of hydrogen-bond acceptors (Lipinski definition) is 3. The number of sulfonamides is 1. The molecule has 1 saturated carbocycles. The molecule has 5 heteroatoms. The largest absolute Gasteiger partial charge is 0.313 e. The second-order valence-corrected chi connectivity index (χ2v) is 8.66. The predicted molar refractivity (Wildman–Crippen MR) is 80.7 cm³/mol. The van der Waals surface area contributed by atoms with E-state index in [9.17, 15) is 8.42 Å². The van der Waals surface area contributed by atoms with Gasteiger partial charge in [-0.1, -0.05) is 46.5 Å². The molecule has 0 amide bonds. The van der Waals surface area contributed by atoms with Crippen LogP contribution in [0.3, 0.4) is 0 Å². The quantitative estimate of drug-likeness (QED) is 0.583. The van der Waals surface area contributed by atoms with E-state index in [0.717, 1.165) is 6.54 Å². The molecule has 1 rings (SSSR count). The van der Waals surface area contributed by atoms with E-state index in [1.165, 1.54) is 38.5 Å². The monoisotopic (exact) mass is 290 g/mol. The molecule has 19 heavy (non-hydrogen) atoms. The number of nitrogens with one attached hydrogen (secondary N) is 2. The molecule has 0 aromatic heterocycles. The van der Waals surface area contributed by atoms with Gasteiger partial charge in [0.1, 0.15) is 0 Å². The Morgan fingerprint density at radius 2 is 1.58 bits per heavy atom. The molecule has 0 aliphatic heterocycles. The van der Waals surface area contributed by atoms with Crippen molar-refractivity contribution in [2.45, 2.75) is 65.3 Å². The van der Waals surface area contributed by atoms with E-state index in [1.54, 1.807) is 0 Å². The number of rotatable bonds is 6. The summed E-state index contributed by atoms with van der Waals surface area (Å²) >= 11 is 0. The van der Waals surface area contributed by atoms with E-state index in [4.69, 9.17) is 0 Å². The molecular formula is C14H30N2O2S. The molecule has 0 bridgehead atoms. The van der Waals surface area contributed by atoms with Crippen LogP contribution in [-0.4, -0.2) is 33.3 Å². The Balaban J connectivity index is 2.19. The predicted octanol–water partition coefficient (Wildman–Crippen LogP) is 2.26. The van der Waals surface area contributed by atoms with Crippen LogP contribution in [0.1, 0.15) is 59.3 Å². The Kier molecular flexibility index (Phi) is 6.77. The normalized spacial score (nSPS) is 19.3. The van der Waals surface area contributed by atoms with E-state index in [1.807, 2.05) is 20.8 Å². The van der Waals surface area contributed by atoms with Gasteiger partial charge in [0.25, 0.3) is 0 Å². The standard InChI is InChI=1S/C14H30N2O2S/c1-14(2,3)12-19(17,18)16-11-10-15-13-8-6-4-5-7-9-13/h13,15-16H,4-12H2,1-3H3. The highest BCUT2D eigenvalue weighted by atomic mass is 32.2. The van der Waals surface area contributed by atoms with E-state index in [2.05, 4.69) is 10.0 Å². The van der Waals surface area contributed by atoms with Crippen LogP contribution in [0.4, 0.5) is 0 Å². The smallest absolute Gasteiger partial charge is 0.212 e. The molecule has 0 aromatic carbocycles. The minimum Gasteiger partial charge on any atom is -0.313 e. The van der Waals surface area contributed by atoms with Crippen LogP contribution in [-0.2, 0) is 10.0 Å². The molecule has 0 unspecified atom stereocenters. The fourth-order valence-electron chi connectivity index (χ4n) is 2.59. The van der Waals surface area contributed by atoms with Gasteiger partial charge in [0.2, 0.25) is 10.0 Å². The lowest BCUT2D eigenvalue weighted by Crippen LogP contribution is -2.39. The summed E-state index contributed by atoms with van der Waals surface area (Å²) in [5.74, 6) is 0.184. The zero-order chi connectivity index (χ0) is 14.4. The first kappa shape index (κ1) is 16.9. The van der Waals surface area contributed by atoms with Gasteiger partial charge in [-0.3, -0.25) is 0 Å². The molecule has 1 fully saturated rings. The maximum Gasteiger partial charge on any atom is 0.212 e. The highest BCUT2D eigenvalue weighted by Crippen LogP contribution is 2.17. The Bertz CT molecular complexity index is 339. The van der Waals surface area contributed by atoms with Crippen molar-refractivity contribution in [2.75, 3.05) is 18.8 Å². The van der Waals surface area contributed by atoms with Crippen molar-refractivity contribution in [3.63, 3.8) is 0 Å². The fourth-order valence-corrected chi connectivity index (χ4v) is 4.24. The van der Waals surface area contributed by atoms with Crippen molar-refractivity contribution >= 4 is 10.0 Å². The van der Waals surface area contributed by atoms with Crippen LogP contribution in [0.15, 0.2) is 0 Å². The van der Waals surface area contributed by atoms with Gasteiger partial charge in [-0.15, -0.1) is 0 Å². The lowest BCUT2D eigenvalue weighted by molar-refractivity contribution is 0.449. The zero-order valence-corrected chi connectivity index (χ0v) is 13.5. The molecular weight excluding hydrogens is 260 g/mol. The Morgan fingerprint density at radius 3 is 2.11 bits per heavy atom. The minimum atomic E-state index is -3.14. The molecule has 4 nitrogen and oxygen atoms in total. The van der Waals surface area contributed by atoms with E-state index in [-0.39, 0.29) is 11.2 Å². The van der Waals surface area contributed by atoms with E-state index in [0.29, 0.717) is 12.6 Å². The average Bonchev–Trinajstić information content (AvgIpc) is 2.49. The second-order valence-electron chi connectivity index (χ2n) is 6.86. The van der Waals surface area contributed by atoms with Crippen LogP contribution >= 0.6 is 0 Å². The summed E-state index contributed by atoms with van der Waals surface area (Å²) in [5.41, 5.74) is -0.194. The maximum atomic E-state index is 11.8. The fraction of sp³-hybridized carbons (Fsp3) is 1.00. The van der Waals surface area contributed by atoms with Crippen molar-refractivity contribution in [2.24, 2.45) is 5.41 Å². The summed E-state index contributed by atoms with van der Waals surface area (Å²) in [5, 5.41) is 3.47. The van der Waals surface area contributed by atoms with Crippen molar-refractivity contribution in [1.82, 2.24) is 10.0 Å². The topological polar surface area (TPSA) is 58.2 Å². The Hall–Kier alpha value is -0.130. The number of hydrogen-bond donors (Lipinski definition) is 2. The van der Waals surface area contributed by atoms with Crippen molar-refractivity contribution in [1.29, 1.82) is 0 Å². The Labute approximate surface area is 118 Å². The molecule has 114 valence electrons. The summed E-state index contributed by atoms with van der Waals surface area (Å²) < 4.78 is 26.3. The molecule has 0 spiro atoms. The van der Waals surface area contributed by atoms with Crippen molar-refractivity contribution < 1.29 is 8.42 Å². The third-order valence-electron chi connectivity index (χ3n) is 3.36. The molecule has 0 saturated heterocycles. The molecule has 0 radical (unpaired) electrons. The van der Waals surface area contributed by atoms with Gasteiger partial charge in [-0.05, 0) is 18.3 Å². The average molecular weight is 290 g/mol. The summed E-state index contributed by atoms with van der Waals surface area (Å²) in [4.78, 5) is 0. The summed E-state index contributed by atoms with van der Waals surface area (Å²) in [6.45, 7) is 7.05. The van der Waals surface area contributed by atoms with Gasteiger partial charge in [-0.2, -0.15) is 0 Å². The first-order chi connectivity index (χ1) is 8.79. The third-order valence-corrected chi connectivity index (χ3v) is 5.25. The van der Waals surface area contributed by atoms with E-state index >= 15 is 0 Å². The molecule has 0 atom stereocenters. The SMILES string of the molecule is CC(C)(C)CS(=O)(=O)NCCNC1CCCCCC1. The summed E-state index contributed by atoms with van der Waals surface area (Å²) in [6.07, 6.45) is 7.75. The third kappa shape index (κ3) is 8.60. The van der Waals surface area contributed by atoms with Gasteiger partial charge >= 0.3 is 0 Å². The van der Waals surface area contributed by atoms with E-state index < -0.39 is 10.0 Å². The lowest BCUT2D eigenvalue weighted by Gasteiger charge is -2.19. The highest BCUT2D eigenvalue weighted by Gasteiger charge is 2.21. The van der Waals surface area contributed by atoms with Crippen molar-refractivity contribution in [3.05, 3.63) is 0 Å². The highest BCUT2D eigenvalue weighted by molar-refractivity contribution is 7.89. The summed E-state index contributed by atoms with van der Waals surface area (Å²) in [6, 6.07) is 0.578. The van der Waals surface area contributed by atoms with Crippen LogP contribution < -0.4 is 10.0 Å². The Morgan fingerprint density at radius 1 is 1.00 bits per heavy atom. The van der Waals surface area contributed by atoms with Gasteiger partial charge in [-0.25, -0.2) is 13.1 Å². The first-order valence-corrected chi connectivity index (χ1v) is 9.14. The van der Waals surface area contributed by atoms with Crippen LogP contribution in [0, 0.1) is 5.41 Å². The molecule has 2 N–H and O–H groups in total.